The Hall–Kier alpha value is -3.61. The summed E-state index contributed by atoms with van der Waals surface area (Å²) in [6, 6.07) is 12.9. The summed E-state index contributed by atoms with van der Waals surface area (Å²) in [6.45, 7) is 11.2. The normalized spacial score (nSPS) is 12.7. The number of halogens is 4. The molecular formula is C28H27F4NO2. The number of nitrogens with zero attached hydrogens (tertiary/aromatic N) is 1. The molecule has 184 valence electrons. The van der Waals surface area contributed by atoms with E-state index in [0.717, 1.165) is 11.8 Å². The number of para-hydroxylation sites is 1. The molecule has 0 bridgehead atoms. The fourth-order valence-electron chi connectivity index (χ4n) is 3.60. The summed E-state index contributed by atoms with van der Waals surface area (Å²) >= 11 is 0. The van der Waals surface area contributed by atoms with E-state index < -0.39 is 34.7 Å². The summed E-state index contributed by atoms with van der Waals surface area (Å²) in [4.78, 5) is 3.60. The van der Waals surface area contributed by atoms with Gasteiger partial charge in [-0.05, 0) is 22.6 Å². The van der Waals surface area contributed by atoms with Crippen LogP contribution in [0.3, 0.4) is 0 Å². The molecule has 0 amide bonds. The van der Waals surface area contributed by atoms with Gasteiger partial charge in [-0.15, -0.1) is 0 Å². The number of aromatic hydroxyl groups is 1. The second kappa shape index (κ2) is 10.3. The summed E-state index contributed by atoms with van der Waals surface area (Å²) < 4.78 is 62.0. The molecule has 1 atom stereocenters. The summed E-state index contributed by atoms with van der Waals surface area (Å²) in [5.41, 5.74) is 1.65. The van der Waals surface area contributed by atoms with Crippen molar-refractivity contribution < 1.29 is 27.4 Å². The highest BCUT2D eigenvalue weighted by molar-refractivity contribution is 5.86. The van der Waals surface area contributed by atoms with E-state index in [1.807, 2.05) is 31.2 Å². The Morgan fingerprint density at radius 2 is 1.57 bits per heavy atom. The van der Waals surface area contributed by atoms with Gasteiger partial charge in [-0.2, -0.15) is 8.78 Å². The first-order chi connectivity index (χ1) is 16.5. The predicted molar refractivity (Wildman–Crippen MR) is 130 cm³/mol. The fraction of sp³-hybridized carbons (Fsp3) is 0.250. The van der Waals surface area contributed by atoms with E-state index in [-0.39, 0.29) is 29.3 Å². The van der Waals surface area contributed by atoms with Crippen LogP contribution in [0, 0.1) is 23.3 Å². The smallest absolute Gasteiger partial charge is 0.206 e. The second-order valence-corrected chi connectivity index (χ2v) is 9.17. The third kappa shape index (κ3) is 5.39. The zero-order valence-electron chi connectivity index (χ0n) is 20.0. The van der Waals surface area contributed by atoms with Crippen LogP contribution in [0.4, 0.5) is 23.2 Å². The third-order valence-corrected chi connectivity index (χ3v) is 5.72. The van der Waals surface area contributed by atoms with E-state index in [9.17, 15) is 22.7 Å². The number of benzene rings is 3. The first-order valence-corrected chi connectivity index (χ1v) is 11.0. The standard InChI is InChI=1S/C28H27F4NO2/c1-6-14-35-27-23(31)21(29)25(22(30)24(27)32)33-15-18-8-7-9-20(26(18)34)16(2)17-10-12-19(13-11-17)28(3,4)5/h6-13,15-16,34H,1,14H2,2-5H3. The van der Waals surface area contributed by atoms with Crippen LogP contribution >= 0.6 is 0 Å². The number of phenolic OH excluding ortho intramolecular Hbond substituents is 1. The second-order valence-electron chi connectivity index (χ2n) is 9.17. The minimum Gasteiger partial charge on any atom is -0.507 e. The van der Waals surface area contributed by atoms with Crippen LogP contribution in [0.2, 0.25) is 0 Å². The van der Waals surface area contributed by atoms with Gasteiger partial charge in [0, 0.05) is 23.3 Å². The molecule has 0 radical (unpaired) electrons. The van der Waals surface area contributed by atoms with Gasteiger partial charge in [0.05, 0.1) is 0 Å². The van der Waals surface area contributed by atoms with Crippen molar-refractivity contribution in [1.29, 1.82) is 0 Å². The zero-order chi connectivity index (χ0) is 25.9. The SMILES string of the molecule is C=CCOc1c(F)c(F)c(N=Cc2cccc(C(C)c3ccc(C(C)(C)C)cc3)c2O)c(F)c1F. The Morgan fingerprint density at radius 3 is 2.11 bits per heavy atom. The van der Waals surface area contributed by atoms with Crippen LogP contribution in [0.5, 0.6) is 11.5 Å². The minimum absolute atomic E-state index is 0.000234. The van der Waals surface area contributed by atoms with Gasteiger partial charge in [0.2, 0.25) is 11.6 Å². The highest BCUT2D eigenvalue weighted by Gasteiger charge is 2.26. The van der Waals surface area contributed by atoms with E-state index in [1.165, 1.54) is 17.7 Å². The van der Waals surface area contributed by atoms with Gasteiger partial charge in [-0.25, -0.2) is 13.8 Å². The predicted octanol–water partition coefficient (Wildman–Crippen LogP) is 7.71. The highest BCUT2D eigenvalue weighted by atomic mass is 19.2. The quantitative estimate of drug-likeness (QED) is 0.161. The average Bonchev–Trinajstić information content (AvgIpc) is 2.83. The van der Waals surface area contributed by atoms with Gasteiger partial charge in [-0.1, -0.05) is 76.7 Å². The van der Waals surface area contributed by atoms with Crippen LogP contribution in [0.25, 0.3) is 0 Å². The van der Waals surface area contributed by atoms with E-state index in [4.69, 9.17) is 0 Å². The zero-order valence-corrected chi connectivity index (χ0v) is 20.0. The van der Waals surface area contributed by atoms with Crippen LogP contribution in [-0.2, 0) is 5.41 Å². The Balaban J connectivity index is 1.95. The molecule has 1 N–H and O–H groups in total. The monoisotopic (exact) mass is 485 g/mol. The molecule has 7 heteroatoms. The third-order valence-electron chi connectivity index (χ3n) is 5.72. The largest absolute Gasteiger partial charge is 0.507 e. The van der Waals surface area contributed by atoms with Crippen molar-refractivity contribution in [3.05, 3.63) is 101 Å². The number of phenols is 1. The number of hydrogen-bond acceptors (Lipinski definition) is 3. The molecule has 3 aromatic rings. The molecule has 3 aromatic carbocycles. The lowest BCUT2D eigenvalue weighted by Gasteiger charge is -2.21. The molecule has 0 aliphatic rings. The molecular weight excluding hydrogens is 458 g/mol. The van der Waals surface area contributed by atoms with Crippen molar-refractivity contribution in [3.63, 3.8) is 0 Å². The number of ether oxygens (including phenoxy) is 1. The lowest BCUT2D eigenvalue weighted by Crippen LogP contribution is -2.11. The van der Waals surface area contributed by atoms with Gasteiger partial charge in [0.25, 0.3) is 0 Å². The van der Waals surface area contributed by atoms with Crippen molar-refractivity contribution in [1.82, 2.24) is 0 Å². The van der Waals surface area contributed by atoms with Crippen molar-refractivity contribution in [2.24, 2.45) is 4.99 Å². The first-order valence-electron chi connectivity index (χ1n) is 11.0. The first kappa shape index (κ1) is 26.0. The molecule has 1 unspecified atom stereocenters. The summed E-state index contributed by atoms with van der Waals surface area (Å²) in [5.74, 6) is -8.37. The summed E-state index contributed by atoms with van der Waals surface area (Å²) in [5, 5.41) is 10.8. The Bertz CT molecular complexity index is 1230. The molecule has 0 heterocycles. The average molecular weight is 486 g/mol. The molecule has 0 aromatic heterocycles. The molecule has 0 saturated carbocycles. The van der Waals surface area contributed by atoms with Crippen LogP contribution in [0.1, 0.15) is 55.9 Å². The molecule has 0 aliphatic heterocycles. The molecule has 0 saturated heterocycles. The van der Waals surface area contributed by atoms with Crippen molar-refractivity contribution in [2.45, 2.75) is 39.0 Å². The van der Waals surface area contributed by atoms with Gasteiger partial charge < -0.3 is 9.84 Å². The van der Waals surface area contributed by atoms with Crippen molar-refractivity contribution in [3.8, 4) is 11.5 Å². The van der Waals surface area contributed by atoms with Crippen LogP contribution in [0.15, 0.2) is 60.1 Å². The summed E-state index contributed by atoms with van der Waals surface area (Å²) in [6.07, 6.45) is 2.13. The van der Waals surface area contributed by atoms with Crippen LogP contribution < -0.4 is 4.74 Å². The topological polar surface area (TPSA) is 41.8 Å². The van der Waals surface area contributed by atoms with Gasteiger partial charge in [0.1, 0.15) is 18.0 Å². The van der Waals surface area contributed by atoms with Crippen LogP contribution in [-0.4, -0.2) is 17.9 Å². The molecule has 3 rings (SSSR count). The van der Waals surface area contributed by atoms with Crippen molar-refractivity contribution in [2.75, 3.05) is 6.61 Å². The van der Waals surface area contributed by atoms with E-state index >= 15 is 0 Å². The number of hydrogen-bond donors (Lipinski definition) is 1. The molecule has 0 fully saturated rings. The van der Waals surface area contributed by atoms with Gasteiger partial charge in [0.15, 0.2) is 17.4 Å². The highest BCUT2D eigenvalue weighted by Crippen LogP contribution is 2.36. The summed E-state index contributed by atoms with van der Waals surface area (Å²) in [7, 11) is 0. The Kier molecular flexibility index (Phi) is 7.68. The van der Waals surface area contributed by atoms with Gasteiger partial charge >= 0.3 is 0 Å². The lowest BCUT2D eigenvalue weighted by molar-refractivity contribution is 0.303. The Labute approximate surface area is 202 Å². The van der Waals surface area contributed by atoms with Gasteiger partial charge in [-0.3, -0.25) is 0 Å². The van der Waals surface area contributed by atoms with E-state index in [1.54, 1.807) is 12.1 Å². The number of rotatable bonds is 7. The lowest BCUT2D eigenvalue weighted by atomic mass is 9.84. The Morgan fingerprint density at radius 1 is 0.971 bits per heavy atom. The maximum absolute atomic E-state index is 14.4. The molecule has 0 aliphatic carbocycles. The fourth-order valence-corrected chi connectivity index (χ4v) is 3.60. The molecule has 35 heavy (non-hydrogen) atoms. The maximum atomic E-state index is 14.4. The van der Waals surface area contributed by atoms with Crippen molar-refractivity contribution >= 4 is 11.9 Å². The maximum Gasteiger partial charge on any atom is 0.206 e. The van der Waals surface area contributed by atoms with E-state index in [2.05, 4.69) is 37.1 Å². The van der Waals surface area contributed by atoms with E-state index in [0.29, 0.717) is 5.56 Å². The molecule has 3 nitrogen and oxygen atoms in total. The number of aliphatic imine (C=N–C) groups is 1. The molecule has 0 spiro atoms. The minimum atomic E-state index is -1.71.